The molecule has 0 bridgehead atoms. The number of anilines is 2. The van der Waals surface area contributed by atoms with Crippen LogP contribution in [0.4, 0.5) is 11.8 Å². The number of nitrogen functional groups attached to an aromatic ring is 1. The third kappa shape index (κ3) is 3.85. The third-order valence-corrected chi connectivity index (χ3v) is 5.09. The molecule has 7 nitrogen and oxygen atoms in total. The number of benzene rings is 2. The number of nitrogens with two attached hydrogens (primary N) is 1. The average molecular weight is 429 g/mol. The first kappa shape index (κ1) is 19.4. The van der Waals surface area contributed by atoms with E-state index in [0.717, 1.165) is 5.56 Å². The van der Waals surface area contributed by atoms with Gasteiger partial charge in [0, 0.05) is 19.2 Å². The Hall–Kier alpha value is -2.87. The minimum atomic E-state index is 0.416. The maximum absolute atomic E-state index is 6.47. The van der Waals surface area contributed by atoms with Crippen molar-refractivity contribution in [3.05, 3.63) is 58.6 Å². The lowest BCUT2D eigenvalue weighted by molar-refractivity contribution is 0.210. The van der Waals surface area contributed by atoms with Crippen molar-refractivity contribution >= 4 is 46.0 Å². The minimum Gasteiger partial charge on any atom is -0.383 e. The van der Waals surface area contributed by atoms with Gasteiger partial charge in [-0.2, -0.15) is 4.98 Å². The average Bonchev–Trinajstić information content (AvgIpc) is 3.07. The van der Waals surface area contributed by atoms with Crippen LogP contribution in [0.3, 0.4) is 0 Å². The van der Waals surface area contributed by atoms with E-state index in [1.54, 1.807) is 30.0 Å². The summed E-state index contributed by atoms with van der Waals surface area (Å²) in [7, 11) is 1.64. The molecule has 0 saturated carbocycles. The van der Waals surface area contributed by atoms with Gasteiger partial charge in [-0.25, -0.2) is 9.67 Å². The van der Waals surface area contributed by atoms with Gasteiger partial charge in [-0.3, -0.25) is 0 Å². The number of rotatable bonds is 6. The number of methoxy groups -OCH3 is 1. The Balaban J connectivity index is 1.91. The fourth-order valence-electron chi connectivity index (χ4n) is 2.97. The van der Waals surface area contributed by atoms with Crippen molar-refractivity contribution < 1.29 is 4.74 Å². The van der Waals surface area contributed by atoms with E-state index in [-0.39, 0.29) is 0 Å². The van der Waals surface area contributed by atoms with Crippen LogP contribution < -0.4 is 11.1 Å². The summed E-state index contributed by atoms with van der Waals surface area (Å²) >= 11 is 12.2. The van der Waals surface area contributed by atoms with Crippen LogP contribution in [0.25, 0.3) is 28.0 Å². The minimum absolute atomic E-state index is 0.416. The zero-order chi connectivity index (χ0) is 20.4. The molecule has 0 radical (unpaired) electrons. The molecule has 2 heterocycles. The second-order valence-corrected chi connectivity index (χ2v) is 7.09. The molecule has 9 heteroatoms. The fraction of sp³-hybridized carbons (Fsp3) is 0.150. The highest BCUT2D eigenvalue weighted by Gasteiger charge is 2.19. The van der Waals surface area contributed by atoms with Crippen LogP contribution in [-0.2, 0) is 4.74 Å². The molecule has 3 N–H and O–H groups in total. The molecule has 4 aromatic rings. The molecule has 0 unspecified atom stereocenters. The van der Waals surface area contributed by atoms with Crippen molar-refractivity contribution in [2.75, 3.05) is 31.3 Å². The summed E-state index contributed by atoms with van der Waals surface area (Å²) in [4.78, 5) is 9.22. The number of halogens is 2. The molecule has 0 saturated heterocycles. The molecule has 0 amide bonds. The van der Waals surface area contributed by atoms with Crippen molar-refractivity contribution in [2.24, 2.45) is 0 Å². The molecule has 0 aliphatic carbocycles. The van der Waals surface area contributed by atoms with Crippen molar-refractivity contribution in [1.82, 2.24) is 19.7 Å². The monoisotopic (exact) mass is 428 g/mol. The Morgan fingerprint density at radius 3 is 2.59 bits per heavy atom. The van der Waals surface area contributed by atoms with E-state index in [1.807, 2.05) is 30.3 Å². The summed E-state index contributed by atoms with van der Waals surface area (Å²) in [6.07, 6.45) is 0. The van der Waals surface area contributed by atoms with Gasteiger partial charge >= 0.3 is 0 Å². The first-order valence-corrected chi connectivity index (χ1v) is 9.64. The maximum atomic E-state index is 6.47. The number of hydrogen-bond donors (Lipinski definition) is 2. The summed E-state index contributed by atoms with van der Waals surface area (Å²) in [5.41, 5.74) is 9.24. The normalized spacial score (nSPS) is 11.1. The highest BCUT2D eigenvalue weighted by molar-refractivity contribution is 6.42. The molecular weight excluding hydrogens is 411 g/mol. The second kappa shape index (κ2) is 8.24. The molecule has 2 aromatic heterocycles. The number of hydrogen-bond acceptors (Lipinski definition) is 6. The number of ether oxygens (including phenoxy) is 1. The lowest BCUT2D eigenvalue weighted by Crippen LogP contribution is -2.10. The van der Waals surface area contributed by atoms with Crippen molar-refractivity contribution in [3.8, 4) is 16.9 Å². The molecule has 0 fully saturated rings. The lowest BCUT2D eigenvalue weighted by atomic mass is 10.1. The number of aromatic nitrogens is 4. The van der Waals surface area contributed by atoms with Crippen LogP contribution in [-0.4, -0.2) is 40.0 Å². The van der Waals surface area contributed by atoms with Gasteiger partial charge in [0.05, 0.1) is 33.4 Å². The summed E-state index contributed by atoms with van der Waals surface area (Å²) < 4.78 is 6.68. The zero-order valence-corrected chi connectivity index (χ0v) is 17.1. The first-order valence-electron chi connectivity index (χ1n) is 8.88. The van der Waals surface area contributed by atoms with Crippen LogP contribution in [0.1, 0.15) is 0 Å². The van der Waals surface area contributed by atoms with Gasteiger partial charge in [-0.15, -0.1) is 5.10 Å². The van der Waals surface area contributed by atoms with E-state index in [4.69, 9.17) is 33.7 Å². The van der Waals surface area contributed by atoms with Gasteiger partial charge in [0.25, 0.3) is 0 Å². The van der Waals surface area contributed by atoms with Crippen LogP contribution in [0.5, 0.6) is 0 Å². The lowest BCUT2D eigenvalue weighted by Gasteiger charge is -2.08. The Labute approximate surface area is 177 Å². The summed E-state index contributed by atoms with van der Waals surface area (Å²) in [5, 5.41) is 9.29. The predicted octanol–water partition coefficient (Wildman–Crippen LogP) is 4.43. The summed E-state index contributed by atoms with van der Waals surface area (Å²) in [6, 6.07) is 15.0. The molecule has 0 aliphatic heterocycles. The van der Waals surface area contributed by atoms with Gasteiger partial charge in [0.15, 0.2) is 5.65 Å². The van der Waals surface area contributed by atoms with Crippen molar-refractivity contribution in [3.63, 3.8) is 0 Å². The molecule has 4 rings (SSSR count). The Kier molecular flexibility index (Phi) is 5.53. The SMILES string of the molecule is COCCNc1nc(-c2ccccc2)c2c(N)n(-c3ccc(Cl)c(Cl)c3)nc2n1. The Bertz CT molecular complexity index is 1160. The summed E-state index contributed by atoms with van der Waals surface area (Å²) in [6.45, 7) is 1.10. The van der Waals surface area contributed by atoms with E-state index >= 15 is 0 Å². The quantitative estimate of drug-likeness (QED) is 0.441. The van der Waals surface area contributed by atoms with E-state index < -0.39 is 0 Å². The van der Waals surface area contributed by atoms with Gasteiger partial charge in [0.2, 0.25) is 5.95 Å². The van der Waals surface area contributed by atoms with Crippen LogP contribution in [0, 0.1) is 0 Å². The molecule has 29 heavy (non-hydrogen) atoms. The highest BCUT2D eigenvalue weighted by atomic mass is 35.5. The standard InChI is InChI=1S/C20H18Cl2N6O/c1-29-10-9-24-20-25-17(12-5-3-2-4-6-12)16-18(23)28(27-19(16)26-20)13-7-8-14(21)15(22)11-13/h2-8,11H,9-10,23H2,1H3,(H,24,26,27). The van der Waals surface area contributed by atoms with Crippen molar-refractivity contribution in [1.29, 1.82) is 0 Å². The van der Waals surface area contributed by atoms with E-state index in [0.29, 0.717) is 57.4 Å². The molecular formula is C20H18Cl2N6O. The topological polar surface area (TPSA) is 90.9 Å². The van der Waals surface area contributed by atoms with E-state index in [2.05, 4.69) is 20.4 Å². The van der Waals surface area contributed by atoms with Gasteiger partial charge in [0.1, 0.15) is 5.82 Å². The summed E-state index contributed by atoms with van der Waals surface area (Å²) in [5.74, 6) is 0.868. The highest BCUT2D eigenvalue weighted by Crippen LogP contribution is 2.33. The maximum Gasteiger partial charge on any atom is 0.225 e. The molecule has 0 spiro atoms. The molecule has 2 aromatic carbocycles. The Morgan fingerprint density at radius 2 is 1.86 bits per heavy atom. The van der Waals surface area contributed by atoms with Gasteiger partial charge < -0.3 is 15.8 Å². The Morgan fingerprint density at radius 1 is 1.07 bits per heavy atom. The van der Waals surface area contributed by atoms with E-state index in [1.165, 1.54) is 0 Å². The first-order chi connectivity index (χ1) is 14.1. The third-order valence-electron chi connectivity index (χ3n) is 4.35. The van der Waals surface area contributed by atoms with E-state index in [9.17, 15) is 0 Å². The zero-order valence-electron chi connectivity index (χ0n) is 15.6. The van der Waals surface area contributed by atoms with Crippen LogP contribution in [0.2, 0.25) is 10.0 Å². The molecule has 148 valence electrons. The van der Waals surface area contributed by atoms with Crippen LogP contribution in [0.15, 0.2) is 48.5 Å². The number of nitrogens with zero attached hydrogens (tertiary/aromatic N) is 4. The molecule has 0 aliphatic rings. The van der Waals surface area contributed by atoms with Crippen molar-refractivity contribution in [2.45, 2.75) is 0 Å². The number of fused-ring (bicyclic) bond motifs is 1. The van der Waals surface area contributed by atoms with Gasteiger partial charge in [-0.05, 0) is 18.2 Å². The van der Waals surface area contributed by atoms with Gasteiger partial charge in [-0.1, -0.05) is 53.5 Å². The number of nitrogens with one attached hydrogen (secondary N) is 1. The smallest absolute Gasteiger partial charge is 0.225 e. The predicted molar refractivity (Wildman–Crippen MR) is 117 cm³/mol. The fourth-order valence-corrected chi connectivity index (χ4v) is 3.27. The second-order valence-electron chi connectivity index (χ2n) is 6.28. The largest absolute Gasteiger partial charge is 0.383 e. The molecule has 0 atom stereocenters. The van der Waals surface area contributed by atoms with Crippen LogP contribution >= 0.6 is 23.2 Å².